The molecule has 0 aliphatic heterocycles. The maximum Gasteiger partial charge on any atom is 0.258 e. The molecule has 6 nitrogen and oxygen atoms in total. The highest BCUT2D eigenvalue weighted by Gasteiger charge is 2.17. The molecule has 0 spiro atoms. The Kier molecular flexibility index (Phi) is 7.75. The summed E-state index contributed by atoms with van der Waals surface area (Å²) < 4.78 is 11.1. The number of carbonyl (C=O) groups excluding carboxylic acids is 1. The third kappa shape index (κ3) is 7.24. The molecule has 0 bridgehead atoms. The van der Waals surface area contributed by atoms with E-state index in [0.29, 0.717) is 31.0 Å². The van der Waals surface area contributed by atoms with Gasteiger partial charge in [-0.05, 0) is 30.8 Å². The summed E-state index contributed by atoms with van der Waals surface area (Å²) in [6.07, 6.45) is -0.953. The van der Waals surface area contributed by atoms with Crippen LogP contribution in [-0.2, 0) is 4.79 Å². The smallest absolute Gasteiger partial charge is 0.258 e. The number of ether oxygens (including phenoxy) is 2. The second kappa shape index (κ2) is 10.3. The number of rotatable bonds is 11. The maximum absolute atomic E-state index is 11.5. The molecule has 0 saturated carbocycles. The number of aliphatic hydroxyl groups excluding tert-OH is 1. The van der Waals surface area contributed by atoms with Crippen molar-refractivity contribution in [2.75, 3.05) is 19.7 Å². The van der Waals surface area contributed by atoms with Crippen molar-refractivity contribution >= 4 is 5.91 Å². The molecule has 0 heterocycles. The van der Waals surface area contributed by atoms with Gasteiger partial charge >= 0.3 is 0 Å². The fourth-order valence-corrected chi connectivity index (χ4v) is 2.19. The van der Waals surface area contributed by atoms with Crippen molar-refractivity contribution in [2.45, 2.75) is 18.6 Å². The van der Waals surface area contributed by atoms with Gasteiger partial charge in [-0.15, -0.1) is 0 Å². The SMILES string of the molecule is NC(=O)C(CCNCC(O)COc1ccccc1)Oc1ccccc1. The minimum Gasteiger partial charge on any atom is -0.491 e. The van der Waals surface area contributed by atoms with Crippen LogP contribution in [0.4, 0.5) is 0 Å². The van der Waals surface area contributed by atoms with Crippen LogP contribution >= 0.6 is 0 Å². The van der Waals surface area contributed by atoms with E-state index in [-0.39, 0.29) is 6.61 Å². The Labute approximate surface area is 147 Å². The molecular weight excluding hydrogens is 320 g/mol. The quantitative estimate of drug-likeness (QED) is 0.535. The fourth-order valence-electron chi connectivity index (χ4n) is 2.19. The summed E-state index contributed by atoms with van der Waals surface area (Å²) in [5, 5.41) is 13.0. The van der Waals surface area contributed by atoms with Crippen LogP contribution in [0.15, 0.2) is 60.7 Å². The van der Waals surface area contributed by atoms with Gasteiger partial charge in [0.05, 0.1) is 0 Å². The first kappa shape index (κ1) is 18.8. The average Bonchev–Trinajstić information content (AvgIpc) is 2.64. The molecule has 2 atom stereocenters. The van der Waals surface area contributed by atoms with E-state index in [1.165, 1.54) is 0 Å². The van der Waals surface area contributed by atoms with Gasteiger partial charge in [-0.2, -0.15) is 0 Å². The first-order chi connectivity index (χ1) is 12.1. The number of nitrogens with two attached hydrogens (primary N) is 1. The predicted molar refractivity (Wildman–Crippen MR) is 95.5 cm³/mol. The van der Waals surface area contributed by atoms with E-state index < -0.39 is 18.1 Å². The van der Waals surface area contributed by atoms with Crippen LogP contribution in [0.25, 0.3) is 0 Å². The lowest BCUT2D eigenvalue weighted by Crippen LogP contribution is -2.38. The maximum atomic E-state index is 11.5. The van der Waals surface area contributed by atoms with Gasteiger partial charge in [0.15, 0.2) is 6.10 Å². The summed E-state index contributed by atoms with van der Waals surface area (Å²) in [5.41, 5.74) is 5.38. The van der Waals surface area contributed by atoms with Crippen LogP contribution in [0.1, 0.15) is 6.42 Å². The van der Waals surface area contributed by atoms with Crippen molar-refractivity contribution in [3.8, 4) is 11.5 Å². The number of amides is 1. The molecule has 0 fully saturated rings. The summed E-state index contributed by atoms with van der Waals surface area (Å²) >= 11 is 0. The van der Waals surface area contributed by atoms with Gasteiger partial charge in [0, 0.05) is 13.0 Å². The number of nitrogens with one attached hydrogen (secondary N) is 1. The first-order valence-corrected chi connectivity index (χ1v) is 8.23. The van der Waals surface area contributed by atoms with Crippen molar-refractivity contribution in [1.29, 1.82) is 0 Å². The topological polar surface area (TPSA) is 93.8 Å². The predicted octanol–water partition coefficient (Wildman–Crippen LogP) is 1.34. The monoisotopic (exact) mass is 344 g/mol. The van der Waals surface area contributed by atoms with Gasteiger partial charge < -0.3 is 25.6 Å². The van der Waals surface area contributed by atoms with Gasteiger partial charge in [0.1, 0.15) is 24.2 Å². The Morgan fingerprint density at radius 2 is 1.64 bits per heavy atom. The number of hydrogen-bond acceptors (Lipinski definition) is 5. The molecule has 6 heteroatoms. The highest BCUT2D eigenvalue weighted by molar-refractivity contribution is 5.79. The van der Waals surface area contributed by atoms with Gasteiger partial charge in [-0.3, -0.25) is 4.79 Å². The molecule has 25 heavy (non-hydrogen) atoms. The van der Waals surface area contributed by atoms with Crippen LogP contribution < -0.4 is 20.5 Å². The molecule has 1 amide bonds. The standard InChI is InChI=1S/C19H24N2O4/c20-19(23)18(25-17-9-5-2-6-10-17)11-12-21-13-15(22)14-24-16-7-3-1-4-8-16/h1-10,15,18,21-22H,11-14H2,(H2,20,23). The zero-order chi connectivity index (χ0) is 17.9. The Hall–Kier alpha value is -2.57. The number of carbonyl (C=O) groups is 1. The van der Waals surface area contributed by atoms with E-state index in [1.807, 2.05) is 48.5 Å². The average molecular weight is 344 g/mol. The molecule has 0 aliphatic carbocycles. The lowest BCUT2D eigenvalue weighted by Gasteiger charge is -2.17. The Bertz CT molecular complexity index is 622. The van der Waals surface area contributed by atoms with Crippen LogP contribution in [0, 0.1) is 0 Å². The molecule has 4 N–H and O–H groups in total. The van der Waals surface area contributed by atoms with Crippen molar-refractivity contribution < 1.29 is 19.4 Å². The van der Waals surface area contributed by atoms with Crippen molar-refractivity contribution in [3.63, 3.8) is 0 Å². The lowest BCUT2D eigenvalue weighted by atomic mass is 10.2. The molecule has 2 unspecified atom stereocenters. The number of para-hydroxylation sites is 2. The summed E-state index contributed by atoms with van der Waals surface area (Å²) in [4.78, 5) is 11.5. The number of primary amides is 1. The van der Waals surface area contributed by atoms with Gasteiger partial charge in [0.25, 0.3) is 5.91 Å². The zero-order valence-electron chi connectivity index (χ0n) is 14.0. The van der Waals surface area contributed by atoms with E-state index in [2.05, 4.69) is 5.32 Å². The first-order valence-electron chi connectivity index (χ1n) is 8.23. The van der Waals surface area contributed by atoms with E-state index in [4.69, 9.17) is 15.2 Å². The van der Waals surface area contributed by atoms with Crippen LogP contribution in [0.3, 0.4) is 0 Å². The molecule has 0 aliphatic rings. The van der Waals surface area contributed by atoms with Gasteiger partial charge in [-0.25, -0.2) is 0 Å². The van der Waals surface area contributed by atoms with Gasteiger partial charge in [-0.1, -0.05) is 36.4 Å². The molecule has 134 valence electrons. The highest BCUT2D eigenvalue weighted by atomic mass is 16.5. The van der Waals surface area contributed by atoms with Crippen LogP contribution in [0.5, 0.6) is 11.5 Å². The van der Waals surface area contributed by atoms with E-state index in [0.717, 1.165) is 0 Å². The molecular formula is C19H24N2O4. The van der Waals surface area contributed by atoms with Gasteiger partial charge in [0.2, 0.25) is 0 Å². The third-order valence-corrected chi connectivity index (χ3v) is 3.49. The molecule has 0 aromatic heterocycles. The number of benzene rings is 2. The summed E-state index contributed by atoms with van der Waals surface area (Å²) in [7, 11) is 0. The van der Waals surface area contributed by atoms with Crippen molar-refractivity contribution in [1.82, 2.24) is 5.32 Å². The largest absolute Gasteiger partial charge is 0.491 e. The number of hydrogen-bond donors (Lipinski definition) is 3. The van der Waals surface area contributed by atoms with E-state index in [1.54, 1.807) is 12.1 Å². The zero-order valence-corrected chi connectivity index (χ0v) is 14.0. The third-order valence-electron chi connectivity index (χ3n) is 3.49. The highest BCUT2D eigenvalue weighted by Crippen LogP contribution is 2.12. The normalized spacial score (nSPS) is 13.0. The van der Waals surface area contributed by atoms with Crippen LogP contribution in [0.2, 0.25) is 0 Å². The molecule has 2 aromatic rings. The van der Waals surface area contributed by atoms with Crippen molar-refractivity contribution in [2.24, 2.45) is 5.73 Å². The molecule has 2 rings (SSSR count). The minimum atomic E-state index is -0.715. The minimum absolute atomic E-state index is 0.191. The van der Waals surface area contributed by atoms with E-state index >= 15 is 0 Å². The summed E-state index contributed by atoms with van der Waals surface area (Å²) in [6.45, 7) is 1.03. The summed E-state index contributed by atoms with van der Waals surface area (Å²) in [5.74, 6) is 0.799. The lowest BCUT2D eigenvalue weighted by molar-refractivity contribution is -0.124. The second-order valence-electron chi connectivity index (χ2n) is 5.59. The molecule has 2 aromatic carbocycles. The Balaban J connectivity index is 1.65. The number of aliphatic hydroxyl groups is 1. The van der Waals surface area contributed by atoms with E-state index in [9.17, 15) is 9.90 Å². The van der Waals surface area contributed by atoms with Crippen molar-refractivity contribution in [3.05, 3.63) is 60.7 Å². The fraction of sp³-hybridized carbons (Fsp3) is 0.316. The second-order valence-corrected chi connectivity index (χ2v) is 5.59. The Morgan fingerprint density at radius 3 is 2.24 bits per heavy atom. The van der Waals surface area contributed by atoms with Crippen LogP contribution in [-0.4, -0.2) is 42.9 Å². The Morgan fingerprint density at radius 1 is 1.04 bits per heavy atom. The summed E-state index contributed by atoms with van der Waals surface area (Å²) in [6, 6.07) is 18.4. The molecule has 0 saturated heterocycles. The molecule has 0 radical (unpaired) electrons.